The molecule has 0 spiro atoms. The van der Waals surface area contributed by atoms with Crippen LogP contribution in [-0.4, -0.2) is 9.55 Å². The topological polar surface area (TPSA) is 57.0 Å². The van der Waals surface area contributed by atoms with Gasteiger partial charge in [-0.3, -0.25) is 0 Å². The Balaban J connectivity index is 2.10. The molecule has 2 heterocycles. The van der Waals surface area contributed by atoms with E-state index in [2.05, 4.69) is 16.5 Å². The van der Waals surface area contributed by atoms with E-state index in [1.54, 1.807) is 6.20 Å². The smallest absolute Gasteiger partial charge is 0.121 e. The summed E-state index contributed by atoms with van der Waals surface area (Å²) in [5, 5.41) is 0. The number of furan rings is 1. The summed E-state index contributed by atoms with van der Waals surface area (Å²) in [5.74, 6) is 2.72. The number of hydrogen-bond acceptors (Lipinski definition) is 3. The van der Waals surface area contributed by atoms with Gasteiger partial charge < -0.3 is 14.7 Å². The van der Waals surface area contributed by atoms with Crippen molar-refractivity contribution in [3.8, 4) is 0 Å². The molecule has 2 rings (SSSR count). The van der Waals surface area contributed by atoms with Crippen LogP contribution in [0, 0.1) is 6.92 Å². The van der Waals surface area contributed by atoms with E-state index in [0.29, 0.717) is 6.42 Å². The highest BCUT2D eigenvalue weighted by Gasteiger charge is 2.13. The molecule has 2 aromatic heterocycles. The van der Waals surface area contributed by atoms with Gasteiger partial charge >= 0.3 is 0 Å². The molecule has 4 nitrogen and oxygen atoms in total. The Labute approximate surface area is 95.1 Å². The Morgan fingerprint density at radius 2 is 2.31 bits per heavy atom. The monoisotopic (exact) mass is 219 g/mol. The first-order chi connectivity index (χ1) is 7.70. The van der Waals surface area contributed by atoms with Crippen LogP contribution in [-0.2, 0) is 13.0 Å². The third-order valence-electron chi connectivity index (χ3n) is 2.67. The number of hydrogen-bond donors (Lipinski definition) is 1. The second-order valence-electron chi connectivity index (χ2n) is 3.89. The second kappa shape index (κ2) is 4.53. The normalized spacial score (nSPS) is 12.9. The van der Waals surface area contributed by atoms with Crippen molar-refractivity contribution in [2.75, 3.05) is 0 Å². The molecule has 0 fully saturated rings. The molecule has 4 heteroatoms. The van der Waals surface area contributed by atoms with Gasteiger partial charge in [0, 0.05) is 25.4 Å². The molecule has 0 radical (unpaired) electrons. The summed E-state index contributed by atoms with van der Waals surface area (Å²) in [6.07, 6.45) is 4.47. The van der Waals surface area contributed by atoms with E-state index >= 15 is 0 Å². The predicted molar refractivity (Wildman–Crippen MR) is 62.0 cm³/mol. The van der Waals surface area contributed by atoms with Gasteiger partial charge in [0.2, 0.25) is 0 Å². The van der Waals surface area contributed by atoms with Crippen molar-refractivity contribution < 1.29 is 4.42 Å². The lowest BCUT2D eigenvalue weighted by Gasteiger charge is -2.09. The Hall–Kier alpha value is -1.55. The molecular formula is C12H17N3O. The minimum atomic E-state index is -0.124. The van der Waals surface area contributed by atoms with Crippen LogP contribution in [0.2, 0.25) is 0 Å². The summed E-state index contributed by atoms with van der Waals surface area (Å²) in [4.78, 5) is 4.30. The third kappa shape index (κ3) is 2.17. The lowest BCUT2D eigenvalue weighted by Crippen LogP contribution is -2.15. The number of nitrogens with two attached hydrogens (primary N) is 1. The number of nitrogens with zero attached hydrogens (tertiary/aromatic N) is 2. The summed E-state index contributed by atoms with van der Waals surface area (Å²) in [6.45, 7) is 4.93. The molecule has 0 saturated heterocycles. The number of aryl methyl sites for hydroxylation is 2. The van der Waals surface area contributed by atoms with Crippen LogP contribution in [0.4, 0.5) is 0 Å². The molecule has 0 aliphatic rings. The highest BCUT2D eigenvalue weighted by atomic mass is 16.3. The van der Waals surface area contributed by atoms with E-state index in [9.17, 15) is 0 Å². The van der Waals surface area contributed by atoms with Gasteiger partial charge in [0.05, 0.1) is 6.04 Å². The summed E-state index contributed by atoms with van der Waals surface area (Å²) in [6, 6.07) is 3.74. The highest BCUT2D eigenvalue weighted by Crippen LogP contribution is 2.17. The zero-order chi connectivity index (χ0) is 11.5. The highest BCUT2D eigenvalue weighted by molar-refractivity contribution is 5.11. The zero-order valence-corrected chi connectivity index (χ0v) is 9.68. The molecule has 0 aromatic carbocycles. The Kier molecular flexibility index (Phi) is 3.10. The van der Waals surface area contributed by atoms with E-state index < -0.39 is 0 Å². The maximum atomic E-state index is 6.08. The zero-order valence-electron chi connectivity index (χ0n) is 9.68. The van der Waals surface area contributed by atoms with Gasteiger partial charge in [0.25, 0.3) is 0 Å². The van der Waals surface area contributed by atoms with Gasteiger partial charge in [-0.15, -0.1) is 0 Å². The van der Waals surface area contributed by atoms with Crippen LogP contribution in [0.5, 0.6) is 0 Å². The van der Waals surface area contributed by atoms with Gasteiger partial charge in [-0.2, -0.15) is 0 Å². The van der Waals surface area contributed by atoms with E-state index in [1.807, 2.05) is 25.3 Å². The van der Waals surface area contributed by atoms with Gasteiger partial charge in [-0.05, 0) is 26.0 Å². The Bertz CT molecular complexity index is 458. The molecule has 0 aliphatic carbocycles. The molecule has 2 aromatic rings. The lowest BCUT2D eigenvalue weighted by atomic mass is 10.1. The second-order valence-corrected chi connectivity index (χ2v) is 3.89. The minimum Gasteiger partial charge on any atom is -0.465 e. The van der Waals surface area contributed by atoms with E-state index in [-0.39, 0.29) is 6.04 Å². The number of aromatic nitrogens is 2. The molecule has 2 N–H and O–H groups in total. The average molecular weight is 219 g/mol. The molecule has 0 saturated carbocycles. The minimum absolute atomic E-state index is 0.124. The first kappa shape index (κ1) is 11.0. The van der Waals surface area contributed by atoms with Gasteiger partial charge in [-0.25, -0.2) is 4.98 Å². The third-order valence-corrected chi connectivity index (χ3v) is 2.67. The van der Waals surface area contributed by atoms with E-state index in [1.165, 1.54) is 0 Å². The first-order valence-corrected chi connectivity index (χ1v) is 5.52. The van der Waals surface area contributed by atoms with Crippen LogP contribution >= 0.6 is 0 Å². The fraction of sp³-hybridized carbons (Fsp3) is 0.417. The van der Waals surface area contributed by atoms with Crippen molar-refractivity contribution in [1.82, 2.24) is 9.55 Å². The fourth-order valence-corrected chi connectivity index (χ4v) is 1.77. The molecule has 1 atom stereocenters. The van der Waals surface area contributed by atoms with Crippen molar-refractivity contribution in [2.24, 2.45) is 5.73 Å². The van der Waals surface area contributed by atoms with Crippen molar-refractivity contribution in [3.63, 3.8) is 0 Å². The van der Waals surface area contributed by atoms with Crippen LogP contribution in [0.1, 0.15) is 30.3 Å². The lowest BCUT2D eigenvalue weighted by molar-refractivity contribution is 0.438. The Morgan fingerprint density at radius 1 is 1.50 bits per heavy atom. The summed E-state index contributed by atoms with van der Waals surface area (Å²) in [5.41, 5.74) is 6.08. The molecule has 1 unspecified atom stereocenters. The van der Waals surface area contributed by atoms with Crippen molar-refractivity contribution >= 4 is 0 Å². The number of imidazole rings is 1. The van der Waals surface area contributed by atoms with Crippen molar-refractivity contribution in [1.29, 1.82) is 0 Å². The van der Waals surface area contributed by atoms with E-state index in [0.717, 1.165) is 23.9 Å². The fourth-order valence-electron chi connectivity index (χ4n) is 1.77. The predicted octanol–water partition coefficient (Wildman–Crippen LogP) is 2.05. The number of rotatable bonds is 4. The van der Waals surface area contributed by atoms with Crippen LogP contribution in [0.15, 0.2) is 28.9 Å². The molecule has 0 aliphatic heterocycles. The largest absolute Gasteiger partial charge is 0.465 e. The summed E-state index contributed by atoms with van der Waals surface area (Å²) in [7, 11) is 0. The molecule has 16 heavy (non-hydrogen) atoms. The Morgan fingerprint density at radius 3 is 2.94 bits per heavy atom. The first-order valence-electron chi connectivity index (χ1n) is 5.52. The van der Waals surface area contributed by atoms with Crippen LogP contribution < -0.4 is 5.73 Å². The van der Waals surface area contributed by atoms with Gasteiger partial charge in [0.15, 0.2) is 0 Å². The maximum Gasteiger partial charge on any atom is 0.121 e. The van der Waals surface area contributed by atoms with E-state index in [4.69, 9.17) is 10.2 Å². The SMILES string of the molecule is CCn1ccnc1CC(N)c1ccc(C)o1. The van der Waals surface area contributed by atoms with Crippen LogP contribution in [0.25, 0.3) is 0 Å². The summed E-state index contributed by atoms with van der Waals surface area (Å²) < 4.78 is 7.60. The van der Waals surface area contributed by atoms with Crippen molar-refractivity contribution in [2.45, 2.75) is 32.9 Å². The maximum absolute atomic E-state index is 6.08. The van der Waals surface area contributed by atoms with Crippen molar-refractivity contribution in [3.05, 3.63) is 41.9 Å². The molecule has 0 amide bonds. The quantitative estimate of drug-likeness (QED) is 0.856. The van der Waals surface area contributed by atoms with Gasteiger partial charge in [0.1, 0.15) is 17.3 Å². The molecular weight excluding hydrogens is 202 g/mol. The summed E-state index contributed by atoms with van der Waals surface area (Å²) >= 11 is 0. The average Bonchev–Trinajstić information content (AvgIpc) is 2.86. The molecule has 86 valence electrons. The van der Waals surface area contributed by atoms with Crippen LogP contribution in [0.3, 0.4) is 0 Å². The van der Waals surface area contributed by atoms with Gasteiger partial charge in [-0.1, -0.05) is 0 Å². The molecule has 0 bridgehead atoms. The standard InChI is InChI=1S/C12H17N3O/c1-3-15-7-6-14-12(15)8-10(13)11-5-4-9(2)16-11/h4-7,10H,3,8,13H2,1-2H3.